The van der Waals surface area contributed by atoms with Crippen LogP contribution in [0.1, 0.15) is 17.1 Å². The molecule has 0 aromatic carbocycles. The summed E-state index contributed by atoms with van der Waals surface area (Å²) in [5, 5.41) is 12.3. The van der Waals surface area contributed by atoms with Gasteiger partial charge in [-0.1, -0.05) is 5.16 Å². The number of nitrogens with zero attached hydrogens (tertiary/aromatic N) is 4. The Labute approximate surface area is 114 Å². The quantitative estimate of drug-likeness (QED) is 0.291. The van der Waals surface area contributed by atoms with Crippen LogP contribution >= 0.6 is 11.8 Å². The first-order valence-electron chi connectivity index (χ1n) is 5.53. The molecule has 0 unspecified atom stereocenters. The smallest absolute Gasteiger partial charge is 0.192 e. The molecule has 0 aliphatic heterocycles. The summed E-state index contributed by atoms with van der Waals surface area (Å²) in [5.74, 6) is -0.0347. The van der Waals surface area contributed by atoms with Gasteiger partial charge in [-0.3, -0.25) is 4.98 Å². The molecule has 6 nitrogen and oxygen atoms in total. The van der Waals surface area contributed by atoms with Gasteiger partial charge in [0.05, 0.1) is 0 Å². The highest BCUT2D eigenvalue weighted by molar-refractivity contribution is 7.99. The molecule has 3 N–H and O–H groups in total. The van der Waals surface area contributed by atoms with Crippen LogP contribution in [-0.2, 0) is 0 Å². The van der Waals surface area contributed by atoms with Gasteiger partial charge in [0.1, 0.15) is 5.69 Å². The molecule has 0 aliphatic carbocycles. The van der Waals surface area contributed by atoms with Crippen molar-refractivity contribution in [1.82, 2.24) is 15.0 Å². The fourth-order valence-corrected chi connectivity index (χ4v) is 2.53. The number of rotatable bonds is 3. The average molecular weight is 275 g/mol. The lowest BCUT2D eigenvalue weighted by Crippen LogP contribution is -2.16. The molecule has 0 saturated carbocycles. The van der Waals surface area contributed by atoms with Gasteiger partial charge >= 0.3 is 0 Å². The molecule has 2 aromatic rings. The summed E-state index contributed by atoms with van der Waals surface area (Å²) < 4.78 is 0. The van der Waals surface area contributed by atoms with E-state index in [1.807, 2.05) is 26.0 Å². The Kier molecular flexibility index (Phi) is 3.96. The monoisotopic (exact) mass is 275 g/mol. The molecular weight excluding hydrogens is 262 g/mol. The molecule has 0 bridgehead atoms. The van der Waals surface area contributed by atoms with E-state index in [-0.39, 0.29) is 5.84 Å². The molecule has 0 atom stereocenters. The van der Waals surface area contributed by atoms with E-state index in [1.54, 1.807) is 12.3 Å². The molecule has 19 heavy (non-hydrogen) atoms. The second-order valence-corrected chi connectivity index (χ2v) is 4.88. The van der Waals surface area contributed by atoms with Gasteiger partial charge in [0.25, 0.3) is 0 Å². The molecule has 2 aromatic heterocycles. The molecule has 0 spiro atoms. The van der Waals surface area contributed by atoms with Crippen LogP contribution < -0.4 is 5.73 Å². The maximum atomic E-state index is 8.75. The summed E-state index contributed by atoms with van der Waals surface area (Å²) >= 11 is 1.33. The number of pyridine rings is 1. The minimum absolute atomic E-state index is 0.0347. The first-order valence-corrected chi connectivity index (χ1v) is 6.35. The van der Waals surface area contributed by atoms with Crippen LogP contribution in [0.3, 0.4) is 0 Å². The zero-order valence-corrected chi connectivity index (χ0v) is 11.3. The summed E-state index contributed by atoms with van der Waals surface area (Å²) in [6.07, 6.45) is 1.58. The van der Waals surface area contributed by atoms with Crippen LogP contribution in [0.15, 0.2) is 39.6 Å². The van der Waals surface area contributed by atoms with Gasteiger partial charge in [-0.15, -0.1) is 0 Å². The van der Waals surface area contributed by atoms with Gasteiger partial charge in [-0.2, -0.15) is 0 Å². The SMILES string of the molecule is Cc1cc(C)nc(Sc2cccnc2/C(N)=N/O)n1. The molecular formula is C12H13N5OS. The minimum Gasteiger partial charge on any atom is -0.409 e. The van der Waals surface area contributed by atoms with Crippen molar-refractivity contribution in [3.05, 3.63) is 41.5 Å². The van der Waals surface area contributed by atoms with Gasteiger partial charge in [0.15, 0.2) is 11.0 Å². The van der Waals surface area contributed by atoms with E-state index in [9.17, 15) is 0 Å². The second kappa shape index (κ2) is 5.66. The summed E-state index contributed by atoms with van der Waals surface area (Å²) in [5.41, 5.74) is 7.79. The fraction of sp³-hybridized carbons (Fsp3) is 0.167. The lowest BCUT2D eigenvalue weighted by Gasteiger charge is -2.06. The fourth-order valence-electron chi connectivity index (χ4n) is 1.55. The van der Waals surface area contributed by atoms with Crippen LogP contribution in [0.4, 0.5) is 0 Å². The van der Waals surface area contributed by atoms with Crippen molar-refractivity contribution >= 4 is 17.6 Å². The highest BCUT2D eigenvalue weighted by Crippen LogP contribution is 2.27. The van der Waals surface area contributed by atoms with Crippen molar-refractivity contribution in [2.75, 3.05) is 0 Å². The summed E-state index contributed by atoms with van der Waals surface area (Å²) in [7, 11) is 0. The summed E-state index contributed by atoms with van der Waals surface area (Å²) in [6, 6.07) is 5.50. The second-order valence-electron chi connectivity index (χ2n) is 3.87. The lowest BCUT2D eigenvalue weighted by atomic mass is 10.3. The third kappa shape index (κ3) is 3.19. The van der Waals surface area contributed by atoms with E-state index in [4.69, 9.17) is 10.9 Å². The van der Waals surface area contributed by atoms with E-state index in [0.717, 1.165) is 16.3 Å². The van der Waals surface area contributed by atoms with Crippen LogP contribution in [0.25, 0.3) is 0 Å². The zero-order valence-electron chi connectivity index (χ0n) is 10.5. The van der Waals surface area contributed by atoms with Crippen molar-refractivity contribution in [2.45, 2.75) is 23.9 Å². The molecule has 0 radical (unpaired) electrons. The Bertz CT molecular complexity index is 609. The van der Waals surface area contributed by atoms with E-state index in [0.29, 0.717) is 10.9 Å². The maximum absolute atomic E-state index is 8.75. The molecule has 0 amide bonds. The Morgan fingerprint density at radius 3 is 2.63 bits per heavy atom. The summed E-state index contributed by atoms with van der Waals surface area (Å²) in [6.45, 7) is 3.82. The van der Waals surface area contributed by atoms with Gasteiger partial charge in [0.2, 0.25) is 0 Å². The predicted octanol–water partition coefficient (Wildman–Crippen LogP) is 1.73. The molecule has 0 saturated heterocycles. The third-order valence-electron chi connectivity index (χ3n) is 2.28. The number of aromatic nitrogens is 3. The van der Waals surface area contributed by atoms with Crippen molar-refractivity contribution in [3.63, 3.8) is 0 Å². The number of amidine groups is 1. The van der Waals surface area contributed by atoms with Crippen molar-refractivity contribution in [2.24, 2.45) is 10.9 Å². The van der Waals surface area contributed by atoms with Crippen LogP contribution in [-0.4, -0.2) is 26.0 Å². The van der Waals surface area contributed by atoms with Crippen molar-refractivity contribution < 1.29 is 5.21 Å². The van der Waals surface area contributed by atoms with Gasteiger partial charge in [-0.05, 0) is 43.8 Å². The predicted molar refractivity (Wildman–Crippen MR) is 72.4 cm³/mol. The van der Waals surface area contributed by atoms with E-state index < -0.39 is 0 Å². The van der Waals surface area contributed by atoms with Gasteiger partial charge < -0.3 is 10.9 Å². The molecule has 2 heterocycles. The van der Waals surface area contributed by atoms with E-state index in [1.165, 1.54) is 11.8 Å². The van der Waals surface area contributed by atoms with E-state index >= 15 is 0 Å². The lowest BCUT2D eigenvalue weighted by molar-refractivity contribution is 0.318. The number of aryl methyl sites for hydroxylation is 2. The summed E-state index contributed by atoms with van der Waals surface area (Å²) in [4.78, 5) is 13.5. The third-order valence-corrected chi connectivity index (χ3v) is 3.20. The van der Waals surface area contributed by atoms with Crippen LogP contribution in [0, 0.1) is 13.8 Å². The Balaban J connectivity index is 2.38. The zero-order chi connectivity index (χ0) is 13.8. The molecule has 0 fully saturated rings. The number of nitrogens with two attached hydrogens (primary N) is 1. The highest BCUT2D eigenvalue weighted by Gasteiger charge is 2.11. The number of hydrogen-bond donors (Lipinski definition) is 2. The molecule has 7 heteroatoms. The van der Waals surface area contributed by atoms with Gasteiger partial charge in [-0.25, -0.2) is 9.97 Å². The van der Waals surface area contributed by atoms with Crippen LogP contribution in [0.2, 0.25) is 0 Å². The van der Waals surface area contributed by atoms with Crippen molar-refractivity contribution in [3.8, 4) is 0 Å². The van der Waals surface area contributed by atoms with E-state index in [2.05, 4.69) is 20.1 Å². The number of oxime groups is 1. The minimum atomic E-state index is -0.0347. The first kappa shape index (κ1) is 13.3. The van der Waals surface area contributed by atoms with Gasteiger partial charge in [0, 0.05) is 22.5 Å². The molecule has 2 rings (SSSR count). The molecule has 0 aliphatic rings. The largest absolute Gasteiger partial charge is 0.409 e. The number of hydrogen-bond acceptors (Lipinski definition) is 6. The van der Waals surface area contributed by atoms with Crippen molar-refractivity contribution in [1.29, 1.82) is 0 Å². The Morgan fingerprint density at radius 1 is 1.32 bits per heavy atom. The Morgan fingerprint density at radius 2 is 2.00 bits per heavy atom. The highest BCUT2D eigenvalue weighted by atomic mass is 32.2. The first-order chi connectivity index (χ1) is 9.10. The molecule has 98 valence electrons. The standard InChI is InChI=1S/C12H13N5OS/c1-7-6-8(2)16-12(15-7)19-9-4-3-5-14-10(9)11(13)17-18/h3-6,18H,1-2H3,(H2,13,17). The average Bonchev–Trinajstić information content (AvgIpc) is 2.37. The van der Waals surface area contributed by atoms with Crippen LogP contribution in [0.5, 0.6) is 0 Å². The Hall–Kier alpha value is -2.15. The maximum Gasteiger partial charge on any atom is 0.192 e. The normalized spacial score (nSPS) is 11.6. The topological polar surface area (TPSA) is 97.3 Å².